The van der Waals surface area contributed by atoms with E-state index in [0.717, 1.165) is 16.1 Å². The van der Waals surface area contributed by atoms with Crippen molar-refractivity contribution in [3.63, 3.8) is 0 Å². The van der Waals surface area contributed by atoms with E-state index in [9.17, 15) is 9.59 Å². The first-order valence-corrected chi connectivity index (χ1v) is 12.2. The molecule has 1 aromatic carbocycles. The van der Waals surface area contributed by atoms with E-state index in [1.807, 2.05) is 58.6 Å². The van der Waals surface area contributed by atoms with Gasteiger partial charge in [-0.1, -0.05) is 24.3 Å². The number of aromatic nitrogens is 3. The topological polar surface area (TPSA) is 86.1 Å². The number of fused-ring (bicyclic) bond motifs is 1. The Kier molecular flexibility index (Phi) is 5.80. The van der Waals surface area contributed by atoms with Crippen LogP contribution in [0.25, 0.3) is 20.7 Å². The standard InChI is InChI=1S/C22H16N4O3S3/c27-18(29-10-15-11-32-22(25-15)24-14-5-2-1-3-6-14)9-26-13-23-20-19(21(26)28)16(12-31-20)17-7-4-8-30-17/h1-8,11-13H,9-10H2,(H,24,25). The van der Waals surface area contributed by atoms with Crippen molar-refractivity contribution < 1.29 is 9.53 Å². The zero-order valence-electron chi connectivity index (χ0n) is 16.6. The number of nitrogens with zero attached hydrogens (tertiary/aromatic N) is 3. The van der Waals surface area contributed by atoms with E-state index in [0.29, 0.717) is 21.0 Å². The molecule has 32 heavy (non-hydrogen) atoms. The molecule has 0 aliphatic carbocycles. The summed E-state index contributed by atoms with van der Waals surface area (Å²) in [6, 6.07) is 13.6. The number of thiophene rings is 2. The molecule has 4 heterocycles. The van der Waals surface area contributed by atoms with Crippen molar-refractivity contribution in [2.24, 2.45) is 0 Å². The van der Waals surface area contributed by atoms with Gasteiger partial charge >= 0.3 is 5.97 Å². The van der Waals surface area contributed by atoms with Gasteiger partial charge in [0.25, 0.3) is 5.56 Å². The van der Waals surface area contributed by atoms with Gasteiger partial charge in [0, 0.05) is 26.9 Å². The summed E-state index contributed by atoms with van der Waals surface area (Å²) in [6.45, 7) is -0.171. The molecule has 0 aliphatic heterocycles. The maximum Gasteiger partial charge on any atom is 0.326 e. The summed E-state index contributed by atoms with van der Waals surface area (Å²) in [7, 11) is 0. The van der Waals surface area contributed by atoms with Gasteiger partial charge in [0.05, 0.1) is 17.4 Å². The Balaban J connectivity index is 1.25. The first-order chi connectivity index (χ1) is 15.7. The lowest BCUT2D eigenvalue weighted by Gasteiger charge is -2.06. The molecule has 160 valence electrons. The number of rotatable bonds is 7. The average molecular weight is 481 g/mol. The van der Waals surface area contributed by atoms with Gasteiger partial charge in [0.2, 0.25) is 0 Å². The number of benzene rings is 1. The van der Waals surface area contributed by atoms with Gasteiger partial charge in [-0.3, -0.25) is 14.2 Å². The zero-order valence-corrected chi connectivity index (χ0v) is 19.0. The molecule has 10 heteroatoms. The van der Waals surface area contributed by atoms with E-state index in [1.54, 1.807) is 11.3 Å². The fourth-order valence-corrected chi connectivity index (χ4v) is 5.54. The van der Waals surface area contributed by atoms with E-state index in [4.69, 9.17) is 4.74 Å². The van der Waals surface area contributed by atoms with Crippen LogP contribution < -0.4 is 10.9 Å². The number of ether oxygens (including phenoxy) is 1. The second-order valence-electron chi connectivity index (χ2n) is 6.78. The number of para-hydroxylation sites is 1. The van der Waals surface area contributed by atoms with E-state index >= 15 is 0 Å². The molecular formula is C22H16N4O3S3. The summed E-state index contributed by atoms with van der Waals surface area (Å²) in [5.41, 5.74) is 2.17. The first-order valence-electron chi connectivity index (χ1n) is 9.60. The van der Waals surface area contributed by atoms with E-state index in [-0.39, 0.29) is 18.7 Å². The third-order valence-corrected chi connectivity index (χ3v) is 7.20. The maximum atomic E-state index is 13.0. The molecule has 0 amide bonds. The molecular weight excluding hydrogens is 464 g/mol. The predicted molar refractivity (Wildman–Crippen MR) is 129 cm³/mol. The second kappa shape index (κ2) is 9.03. The fraction of sp³-hybridized carbons (Fsp3) is 0.0909. The number of carbonyl (C=O) groups excluding carboxylic acids is 1. The molecule has 5 rings (SSSR count). The van der Waals surface area contributed by atoms with Crippen LogP contribution in [-0.4, -0.2) is 20.5 Å². The third-order valence-electron chi connectivity index (χ3n) is 4.60. The van der Waals surface area contributed by atoms with Crippen molar-refractivity contribution in [1.29, 1.82) is 0 Å². The van der Waals surface area contributed by atoms with Crippen LogP contribution in [0.4, 0.5) is 10.8 Å². The summed E-state index contributed by atoms with van der Waals surface area (Å²) in [5.74, 6) is -0.522. The quantitative estimate of drug-likeness (QED) is 0.325. The largest absolute Gasteiger partial charge is 0.458 e. The van der Waals surface area contributed by atoms with E-state index in [1.165, 1.54) is 33.6 Å². The average Bonchev–Trinajstić information content (AvgIpc) is 3.56. The van der Waals surface area contributed by atoms with Crippen LogP contribution in [-0.2, 0) is 22.7 Å². The third kappa shape index (κ3) is 4.33. The summed E-state index contributed by atoms with van der Waals surface area (Å²) in [6.07, 6.45) is 1.39. The molecule has 5 aromatic rings. The second-order valence-corrected chi connectivity index (χ2v) is 9.44. The SMILES string of the molecule is O=C(Cn1cnc2scc(-c3cccs3)c2c1=O)OCc1csc(Nc2ccccc2)n1. The van der Waals surface area contributed by atoms with Crippen LogP contribution in [0.15, 0.2) is 69.7 Å². The molecule has 0 atom stereocenters. The highest BCUT2D eigenvalue weighted by atomic mass is 32.1. The molecule has 0 bridgehead atoms. The normalized spacial score (nSPS) is 11.0. The van der Waals surface area contributed by atoms with Crippen molar-refractivity contribution in [2.45, 2.75) is 13.2 Å². The van der Waals surface area contributed by atoms with E-state index in [2.05, 4.69) is 15.3 Å². The van der Waals surface area contributed by atoms with Crippen molar-refractivity contribution in [3.05, 3.63) is 81.0 Å². The summed E-state index contributed by atoms with van der Waals surface area (Å²) < 4.78 is 6.63. The molecule has 0 saturated heterocycles. The molecule has 1 N–H and O–H groups in total. The number of thiazole rings is 1. The highest BCUT2D eigenvalue weighted by molar-refractivity contribution is 7.18. The lowest BCUT2D eigenvalue weighted by atomic mass is 10.2. The number of anilines is 2. The lowest BCUT2D eigenvalue weighted by Crippen LogP contribution is -2.25. The Morgan fingerprint density at radius 1 is 1.06 bits per heavy atom. The smallest absolute Gasteiger partial charge is 0.326 e. The number of hydrogen-bond donors (Lipinski definition) is 1. The summed E-state index contributed by atoms with van der Waals surface area (Å²) >= 11 is 4.41. The van der Waals surface area contributed by atoms with Crippen LogP contribution in [0.1, 0.15) is 5.69 Å². The predicted octanol–water partition coefficient (Wildman–Crippen LogP) is 5.13. The zero-order chi connectivity index (χ0) is 21.9. The summed E-state index contributed by atoms with van der Waals surface area (Å²) in [5, 5.41) is 10.2. The van der Waals surface area contributed by atoms with E-state index < -0.39 is 5.97 Å². The number of nitrogens with one attached hydrogen (secondary N) is 1. The monoisotopic (exact) mass is 480 g/mol. The number of hydrogen-bond acceptors (Lipinski definition) is 9. The first kappa shape index (κ1) is 20.6. The molecule has 4 aromatic heterocycles. The van der Waals surface area contributed by atoms with Crippen molar-refractivity contribution >= 4 is 61.0 Å². The Hall–Kier alpha value is -3.34. The van der Waals surface area contributed by atoms with Crippen molar-refractivity contribution in [2.75, 3.05) is 5.32 Å². The molecule has 0 aliphatic rings. The minimum Gasteiger partial charge on any atom is -0.458 e. The molecule has 0 saturated carbocycles. The van der Waals surface area contributed by atoms with Crippen LogP contribution >= 0.6 is 34.0 Å². The minimum absolute atomic E-state index is 0.0368. The Labute approximate surface area is 194 Å². The van der Waals surface area contributed by atoms with Gasteiger partial charge in [-0.2, -0.15) is 0 Å². The van der Waals surface area contributed by atoms with Gasteiger partial charge in [-0.25, -0.2) is 9.97 Å². The maximum absolute atomic E-state index is 13.0. The fourth-order valence-electron chi connectivity index (χ4n) is 3.11. The van der Waals surface area contributed by atoms with Crippen LogP contribution in [0.2, 0.25) is 0 Å². The van der Waals surface area contributed by atoms with Crippen LogP contribution in [0.5, 0.6) is 0 Å². The highest BCUT2D eigenvalue weighted by Crippen LogP contribution is 2.33. The molecule has 0 fully saturated rings. The van der Waals surface area contributed by atoms with Crippen LogP contribution in [0.3, 0.4) is 0 Å². The highest BCUT2D eigenvalue weighted by Gasteiger charge is 2.16. The van der Waals surface area contributed by atoms with Crippen molar-refractivity contribution in [1.82, 2.24) is 14.5 Å². The molecule has 0 spiro atoms. The molecule has 7 nitrogen and oxygen atoms in total. The Morgan fingerprint density at radius 3 is 2.75 bits per heavy atom. The van der Waals surface area contributed by atoms with Gasteiger partial charge < -0.3 is 10.1 Å². The minimum atomic E-state index is -0.522. The van der Waals surface area contributed by atoms with Crippen molar-refractivity contribution in [3.8, 4) is 10.4 Å². The molecule has 0 unspecified atom stereocenters. The summed E-state index contributed by atoms with van der Waals surface area (Å²) in [4.78, 5) is 35.8. The number of esters is 1. The molecule has 0 radical (unpaired) electrons. The lowest BCUT2D eigenvalue weighted by molar-refractivity contribution is -0.145. The Bertz CT molecular complexity index is 1420. The Morgan fingerprint density at radius 2 is 1.94 bits per heavy atom. The van der Waals surface area contributed by atoms with Gasteiger partial charge in [0.1, 0.15) is 18.0 Å². The van der Waals surface area contributed by atoms with Gasteiger partial charge in [0.15, 0.2) is 5.13 Å². The number of carbonyl (C=O) groups is 1. The van der Waals surface area contributed by atoms with Gasteiger partial charge in [-0.05, 0) is 23.6 Å². The van der Waals surface area contributed by atoms with Crippen LogP contribution in [0, 0.1) is 0 Å². The van der Waals surface area contributed by atoms with Gasteiger partial charge in [-0.15, -0.1) is 34.0 Å².